The number of benzene rings is 1. The summed E-state index contributed by atoms with van der Waals surface area (Å²) in [5, 5.41) is 8.24. The van der Waals surface area contributed by atoms with Gasteiger partial charge in [0.1, 0.15) is 11.4 Å². The summed E-state index contributed by atoms with van der Waals surface area (Å²) in [6.07, 6.45) is 2.14. The van der Waals surface area contributed by atoms with E-state index < -0.39 is 0 Å². The monoisotopic (exact) mass is 431 g/mol. The van der Waals surface area contributed by atoms with E-state index in [-0.39, 0.29) is 5.78 Å². The Morgan fingerprint density at radius 1 is 1.26 bits per heavy atom. The first-order valence-corrected chi connectivity index (χ1v) is 9.31. The molecular weight excluding hydrogens is 414 g/mol. The molecule has 1 aliphatic carbocycles. The van der Waals surface area contributed by atoms with Crippen molar-refractivity contribution in [1.29, 1.82) is 0 Å². The minimum absolute atomic E-state index is 0.216. The van der Waals surface area contributed by atoms with Gasteiger partial charge in [-0.2, -0.15) is 0 Å². The molecule has 1 aliphatic rings. The van der Waals surface area contributed by atoms with Crippen LogP contribution < -0.4 is 9.47 Å². The van der Waals surface area contributed by atoms with Gasteiger partial charge in [-0.3, -0.25) is 4.79 Å². The summed E-state index contributed by atoms with van der Waals surface area (Å²) in [5.41, 5.74) is 2.12. The number of aromatic amines is 1. The second-order valence-electron chi connectivity index (χ2n) is 6.43. The Morgan fingerprint density at radius 2 is 2.04 bits per heavy atom. The minimum atomic E-state index is -0.216. The fourth-order valence-electron chi connectivity index (χ4n) is 3.03. The fraction of sp³-hybridized carbons (Fsp3) is 0.316. The molecule has 27 heavy (non-hydrogen) atoms. The van der Waals surface area contributed by atoms with Gasteiger partial charge < -0.3 is 18.9 Å². The van der Waals surface area contributed by atoms with Crippen LogP contribution in [0.2, 0.25) is 0 Å². The first-order chi connectivity index (χ1) is 13.0. The highest BCUT2D eigenvalue weighted by molar-refractivity contribution is 9.10. The van der Waals surface area contributed by atoms with Crippen LogP contribution in [-0.4, -0.2) is 35.2 Å². The molecule has 2 heterocycles. The lowest BCUT2D eigenvalue weighted by Gasteiger charge is -2.09. The average Bonchev–Trinajstić information content (AvgIpc) is 3.31. The second-order valence-corrected chi connectivity index (χ2v) is 7.34. The van der Waals surface area contributed by atoms with Crippen molar-refractivity contribution in [3.05, 3.63) is 45.3 Å². The molecule has 8 heteroatoms. The number of hydrogen-bond acceptors (Lipinski definition) is 6. The summed E-state index contributed by atoms with van der Waals surface area (Å²) >= 11 is 3.40. The molecule has 0 amide bonds. The summed E-state index contributed by atoms with van der Waals surface area (Å²) < 4.78 is 17.3. The van der Waals surface area contributed by atoms with Crippen LogP contribution in [0.3, 0.4) is 0 Å². The van der Waals surface area contributed by atoms with Crippen molar-refractivity contribution in [1.82, 2.24) is 15.2 Å². The van der Waals surface area contributed by atoms with Gasteiger partial charge in [-0.1, -0.05) is 15.9 Å². The second kappa shape index (κ2) is 6.84. The molecule has 1 N–H and O–H groups in total. The zero-order chi connectivity index (χ0) is 19.1. The van der Waals surface area contributed by atoms with E-state index in [1.165, 1.54) is 14.2 Å². The van der Waals surface area contributed by atoms with Gasteiger partial charge in [0, 0.05) is 10.4 Å². The minimum Gasteiger partial charge on any atom is -0.496 e. The average molecular weight is 432 g/mol. The highest BCUT2D eigenvalue weighted by Crippen LogP contribution is 2.41. The van der Waals surface area contributed by atoms with E-state index in [0.29, 0.717) is 51.7 Å². The Kier molecular flexibility index (Phi) is 4.51. The molecule has 1 fully saturated rings. The molecule has 0 radical (unpaired) electrons. The number of carbonyl (C=O) groups excluding carboxylic acids is 1. The maximum absolute atomic E-state index is 13.3. The number of methoxy groups -OCH3 is 2. The maximum atomic E-state index is 13.3. The van der Waals surface area contributed by atoms with Crippen LogP contribution in [0, 0.1) is 6.92 Å². The summed E-state index contributed by atoms with van der Waals surface area (Å²) in [6.45, 7) is 1.83. The van der Waals surface area contributed by atoms with Crippen LogP contribution in [-0.2, 0) is 0 Å². The normalized spacial score (nSPS) is 13.6. The van der Waals surface area contributed by atoms with Crippen LogP contribution in [0.15, 0.2) is 27.1 Å². The summed E-state index contributed by atoms with van der Waals surface area (Å²) in [5.74, 6) is 1.97. The predicted octanol–water partition coefficient (Wildman–Crippen LogP) is 4.26. The Hall–Kier alpha value is -2.61. The van der Waals surface area contributed by atoms with E-state index in [1.54, 1.807) is 12.1 Å². The number of ether oxygens (including phenoxy) is 2. The van der Waals surface area contributed by atoms with E-state index in [4.69, 9.17) is 13.9 Å². The Morgan fingerprint density at radius 3 is 2.70 bits per heavy atom. The Labute approximate surface area is 164 Å². The van der Waals surface area contributed by atoms with Gasteiger partial charge in [0.05, 0.1) is 25.3 Å². The van der Waals surface area contributed by atoms with Gasteiger partial charge in [0.15, 0.2) is 0 Å². The quantitative estimate of drug-likeness (QED) is 0.586. The molecule has 0 spiro atoms. The third kappa shape index (κ3) is 3.14. The van der Waals surface area contributed by atoms with Gasteiger partial charge in [-0.05, 0) is 43.5 Å². The molecule has 2 aromatic heterocycles. The molecule has 0 unspecified atom stereocenters. The van der Waals surface area contributed by atoms with Crippen molar-refractivity contribution in [2.45, 2.75) is 25.7 Å². The first kappa shape index (κ1) is 17.8. The van der Waals surface area contributed by atoms with E-state index in [0.717, 1.165) is 17.3 Å². The molecule has 1 aromatic carbocycles. The van der Waals surface area contributed by atoms with Crippen LogP contribution in [0.25, 0.3) is 11.6 Å². The van der Waals surface area contributed by atoms with E-state index >= 15 is 0 Å². The number of halogens is 1. The van der Waals surface area contributed by atoms with Crippen molar-refractivity contribution in [3.63, 3.8) is 0 Å². The largest absolute Gasteiger partial charge is 0.496 e. The Balaban J connectivity index is 1.79. The van der Waals surface area contributed by atoms with Crippen LogP contribution in [0.1, 0.15) is 46.1 Å². The molecular formula is C19H18BrN3O4. The van der Waals surface area contributed by atoms with Gasteiger partial charge in [0.2, 0.25) is 17.6 Å². The van der Waals surface area contributed by atoms with Gasteiger partial charge in [0.25, 0.3) is 5.89 Å². The number of ketones is 1. The number of nitrogens with zero attached hydrogens (tertiary/aromatic N) is 2. The molecule has 0 bridgehead atoms. The highest BCUT2D eigenvalue weighted by Gasteiger charge is 2.31. The zero-order valence-corrected chi connectivity index (χ0v) is 16.7. The van der Waals surface area contributed by atoms with Gasteiger partial charge in [-0.15, -0.1) is 10.2 Å². The maximum Gasteiger partial charge on any atom is 0.264 e. The molecule has 0 aliphatic heterocycles. The third-order valence-corrected chi connectivity index (χ3v) is 5.13. The molecule has 3 aromatic rings. The van der Waals surface area contributed by atoms with Crippen LogP contribution in [0.5, 0.6) is 11.6 Å². The lowest BCUT2D eigenvalue weighted by atomic mass is 10.0. The topological polar surface area (TPSA) is 90.2 Å². The van der Waals surface area contributed by atoms with Crippen molar-refractivity contribution >= 4 is 21.7 Å². The lowest BCUT2D eigenvalue weighted by Crippen LogP contribution is -2.06. The number of aromatic nitrogens is 3. The number of carbonyl (C=O) groups is 1. The zero-order valence-electron chi connectivity index (χ0n) is 15.1. The van der Waals surface area contributed by atoms with Gasteiger partial charge >= 0.3 is 0 Å². The fourth-order valence-corrected chi connectivity index (χ4v) is 3.39. The molecule has 0 atom stereocenters. The van der Waals surface area contributed by atoms with Gasteiger partial charge in [-0.25, -0.2) is 0 Å². The number of nitrogens with one attached hydrogen (secondary N) is 1. The summed E-state index contributed by atoms with van der Waals surface area (Å²) in [4.78, 5) is 16.4. The van der Waals surface area contributed by atoms with E-state index in [2.05, 4.69) is 31.1 Å². The molecule has 4 rings (SSSR count). The lowest BCUT2D eigenvalue weighted by molar-refractivity contribution is 0.103. The standard InChI is InChI=1S/C19H18BrN3O4/c1-9-14(16(24)12-8-11(20)6-7-13(12)25-2)18(26-3)21-15(9)19-23-22-17(27-19)10-4-5-10/h6-8,10,21H,4-5H2,1-3H3. The van der Waals surface area contributed by atoms with E-state index in [9.17, 15) is 4.79 Å². The van der Waals surface area contributed by atoms with Crippen molar-refractivity contribution < 1.29 is 18.7 Å². The summed E-state index contributed by atoms with van der Waals surface area (Å²) in [6, 6.07) is 5.29. The smallest absolute Gasteiger partial charge is 0.264 e. The van der Waals surface area contributed by atoms with Crippen molar-refractivity contribution in [3.8, 4) is 23.2 Å². The van der Waals surface area contributed by atoms with Crippen LogP contribution >= 0.6 is 15.9 Å². The summed E-state index contributed by atoms with van der Waals surface area (Å²) in [7, 11) is 3.04. The predicted molar refractivity (Wildman–Crippen MR) is 101 cm³/mol. The van der Waals surface area contributed by atoms with E-state index in [1.807, 2.05) is 13.0 Å². The SMILES string of the molecule is COc1ccc(Br)cc1C(=O)c1c(OC)[nH]c(-c2nnc(C3CC3)o2)c1C. The molecule has 140 valence electrons. The Bertz CT molecular complexity index is 1020. The van der Waals surface area contributed by atoms with Crippen molar-refractivity contribution in [2.75, 3.05) is 14.2 Å². The number of hydrogen-bond donors (Lipinski definition) is 1. The highest BCUT2D eigenvalue weighted by atomic mass is 79.9. The third-order valence-electron chi connectivity index (χ3n) is 4.63. The number of H-pyrrole nitrogens is 1. The molecule has 1 saturated carbocycles. The first-order valence-electron chi connectivity index (χ1n) is 8.52. The molecule has 7 nitrogen and oxygen atoms in total. The van der Waals surface area contributed by atoms with Crippen molar-refractivity contribution in [2.24, 2.45) is 0 Å². The van der Waals surface area contributed by atoms with Crippen LogP contribution in [0.4, 0.5) is 0 Å². The molecule has 0 saturated heterocycles. The number of rotatable bonds is 6.